The third-order valence-corrected chi connectivity index (χ3v) is 4.32. The van der Waals surface area contributed by atoms with Crippen molar-refractivity contribution in [2.24, 2.45) is 0 Å². The van der Waals surface area contributed by atoms with Crippen molar-refractivity contribution in [1.82, 2.24) is 9.38 Å². The highest BCUT2D eigenvalue weighted by atomic mass is 35.5. The SMILES string of the molecule is CCN(C(=O)/C=C/c1c(Cl)nc2sccn12)c1ccccc1. The Hall–Kier alpha value is -2.11. The number of aromatic nitrogens is 2. The van der Waals surface area contributed by atoms with Gasteiger partial charge in [-0.05, 0) is 25.1 Å². The lowest BCUT2D eigenvalue weighted by atomic mass is 10.2. The first-order valence-corrected chi connectivity index (χ1v) is 8.12. The molecule has 0 radical (unpaired) electrons. The smallest absolute Gasteiger partial charge is 0.251 e. The van der Waals surface area contributed by atoms with E-state index in [0.29, 0.717) is 11.7 Å². The Morgan fingerprint density at radius 3 is 2.91 bits per heavy atom. The zero-order valence-corrected chi connectivity index (χ0v) is 13.5. The van der Waals surface area contributed by atoms with Crippen LogP contribution in [0.2, 0.25) is 5.15 Å². The number of rotatable bonds is 4. The van der Waals surface area contributed by atoms with Gasteiger partial charge in [-0.1, -0.05) is 29.8 Å². The molecule has 2 aromatic heterocycles. The van der Waals surface area contributed by atoms with E-state index in [0.717, 1.165) is 16.3 Å². The normalized spacial score (nSPS) is 11.4. The number of fused-ring (bicyclic) bond motifs is 1. The molecule has 0 saturated heterocycles. The number of benzene rings is 1. The maximum Gasteiger partial charge on any atom is 0.251 e. The van der Waals surface area contributed by atoms with Crippen LogP contribution in [-0.2, 0) is 4.79 Å². The molecular formula is C16H14ClN3OS. The maximum atomic E-state index is 12.4. The summed E-state index contributed by atoms with van der Waals surface area (Å²) in [6, 6.07) is 9.59. The molecule has 3 aromatic rings. The summed E-state index contributed by atoms with van der Waals surface area (Å²) >= 11 is 7.62. The minimum Gasteiger partial charge on any atom is -0.309 e. The van der Waals surface area contributed by atoms with Crippen molar-refractivity contribution in [3.63, 3.8) is 0 Å². The van der Waals surface area contributed by atoms with Gasteiger partial charge >= 0.3 is 0 Å². The van der Waals surface area contributed by atoms with Crippen molar-refractivity contribution in [2.75, 3.05) is 11.4 Å². The molecule has 0 aliphatic carbocycles. The Balaban J connectivity index is 1.86. The van der Waals surface area contributed by atoms with E-state index in [2.05, 4.69) is 4.98 Å². The van der Waals surface area contributed by atoms with Gasteiger partial charge in [-0.25, -0.2) is 4.98 Å². The Morgan fingerprint density at radius 2 is 2.18 bits per heavy atom. The zero-order valence-electron chi connectivity index (χ0n) is 11.9. The van der Waals surface area contributed by atoms with Crippen molar-refractivity contribution in [1.29, 1.82) is 0 Å². The summed E-state index contributed by atoms with van der Waals surface area (Å²) in [4.78, 5) is 19.2. The minimum absolute atomic E-state index is 0.0880. The topological polar surface area (TPSA) is 37.6 Å². The molecule has 0 unspecified atom stereocenters. The molecule has 0 saturated carbocycles. The molecule has 0 aliphatic rings. The summed E-state index contributed by atoms with van der Waals surface area (Å²) < 4.78 is 1.87. The monoisotopic (exact) mass is 331 g/mol. The Labute approximate surface area is 137 Å². The summed E-state index contributed by atoms with van der Waals surface area (Å²) in [5.41, 5.74) is 1.59. The van der Waals surface area contributed by atoms with Crippen LogP contribution >= 0.6 is 22.9 Å². The van der Waals surface area contributed by atoms with E-state index < -0.39 is 0 Å². The van der Waals surface area contributed by atoms with E-state index >= 15 is 0 Å². The predicted molar refractivity (Wildman–Crippen MR) is 91.6 cm³/mol. The van der Waals surface area contributed by atoms with Crippen LogP contribution in [0, 0.1) is 0 Å². The molecule has 6 heteroatoms. The number of imidazole rings is 1. The van der Waals surface area contributed by atoms with Crippen LogP contribution in [0.25, 0.3) is 11.0 Å². The van der Waals surface area contributed by atoms with Crippen LogP contribution in [0.1, 0.15) is 12.6 Å². The van der Waals surface area contributed by atoms with E-state index in [1.165, 1.54) is 17.4 Å². The van der Waals surface area contributed by atoms with Gasteiger partial charge in [0.25, 0.3) is 5.91 Å². The highest BCUT2D eigenvalue weighted by Crippen LogP contribution is 2.22. The summed E-state index contributed by atoms with van der Waals surface area (Å²) in [7, 11) is 0. The second-order valence-electron chi connectivity index (χ2n) is 4.59. The van der Waals surface area contributed by atoms with Crippen LogP contribution in [0.4, 0.5) is 5.69 Å². The van der Waals surface area contributed by atoms with Crippen molar-refractivity contribution in [2.45, 2.75) is 6.92 Å². The van der Waals surface area contributed by atoms with Gasteiger partial charge < -0.3 is 4.90 Å². The van der Waals surface area contributed by atoms with Crippen molar-refractivity contribution in [3.05, 3.63) is 58.8 Å². The summed E-state index contributed by atoms with van der Waals surface area (Å²) in [5, 5.41) is 2.33. The van der Waals surface area contributed by atoms with Crippen LogP contribution in [0.5, 0.6) is 0 Å². The van der Waals surface area contributed by atoms with E-state index in [4.69, 9.17) is 11.6 Å². The Kier molecular flexibility index (Phi) is 4.27. The average Bonchev–Trinajstić information content (AvgIpc) is 3.08. The molecule has 0 aliphatic heterocycles. The largest absolute Gasteiger partial charge is 0.309 e. The van der Waals surface area contributed by atoms with E-state index in [1.807, 2.05) is 53.2 Å². The fraction of sp³-hybridized carbons (Fsp3) is 0.125. The number of likely N-dealkylation sites (N-methyl/N-ethyl adjacent to an activating group) is 1. The molecule has 3 rings (SSSR count). The molecule has 0 fully saturated rings. The molecule has 0 atom stereocenters. The van der Waals surface area contributed by atoms with Crippen LogP contribution in [0.3, 0.4) is 0 Å². The summed E-state index contributed by atoms with van der Waals surface area (Å²) in [6.45, 7) is 2.54. The van der Waals surface area contributed by atoms with E-state index in [-0.39, 0.29) is 5.91 Å². The predicted octanol–water partition coefficient (Wildman–Crippen LogP) is 4.12. The molecular weight excluding hydrogens is 318 g/mol. The lowest BCUT2D eigenvalue weighted by Crippen LogP contribution is -2.28. The van der Waals surface area contributed by atoms with Gasteiger partial charge in [0.2, 0.25) is 0 Å². The Morgan fingerprint density at radius 1 is 1.41 bits per heavy atom. The summed E-state index contributed by atoms with van der Waals surface area (Å²) in [5.74, 6) is -0.0880. The van der Waals surface area contributed by atoms with Crippen LogP contribution < -0.4 is 4.90 Å². The number of hydrogen-bond acceptors (Lipinski definition) is 3. The number of carbonyl (C=O) groups excluding carboxylic acids is 1. The number of para-hydroxylation sites is 1. The Bertz CT molecular complexity index is 822. The lowest BCUT2D eigenvalue weighted by molar-refractivity contribution is -0.114. The number of carbonyl (C=O) groups is 1. The molecule has 1 aromatic carbocycles. The third-order valence-electron chi connectivity index (χ3n) is 3.29. The minimum atomic E-state index is -0.0880. The molecule has 4 nitrogen and oxygen atoms in total. The van der Waals surface area contributed by atoms with Gasteiger partial charge in [-0.3, -0.25) is 9.20 Å². The van der Waals surface area contributed by atoms with Crippen molar-refractivity contribution >= 4 is 45.6 Å². The van der Waals surface area contributed by atoms with E-state index in [9.17, 15) is 4.79 Å². The molecule has 22 heavy (non-hydrogen) atoms. The third kappa shape index (κ3) is 2.77. The maximum absolute atomic E-state index is 12.4. The number of halogens is 1. The summed E-state index contributed by atoms with van der Waals surface area (Å²) in [6.07, 6.45) is 5.13. The lowest BCUT2D eigenvalue weighted by Gasteiger charge is -2.19. The quantitative estimate of drug-likeness (QED) is 0.674. The van der Waals surface area contributed by atoms with Crippen LogP contribution in [-0.4, -0.2) is 21.8 Å². The second-order valence-corrected chi connectivity index (χ2v) is 5.83. The number of nitrogens with zero attached hydrogens (tertiary/aromatic N) is 3. The first kappa shape index (κ1) is 14.8. The van der Waals surface area contributed by atoms with Gasteiger partial charge in [-0.15, -0.1) is 11.3 Å². The number of amides is 1. The number of thiazole rings is 1. The fourth-order valence-corrected chi connectivity index (χ4v) is 3.25. The van der Waals surface area contributed by atoms with Gasteiger partial charge in [0.15, 0.2) is 10.1 Å². The fourth-order valence-electron chi connectivity index (χ4n) is 2.24. The van der Waals surface area contributed by atoms with Crippen LogP contribution in [0.15, 0.2) is 48.0 Å². The standard InChI is InChI=1S/C16H14ClN3OS/c1-2-19(12-6-4-3-5-7-12)14(21)9-8-13-15(17)18-16-20(13)10-11-22-16/h3-11H,2H2,1H3/b9-8+. The first-order valence-electron chi connectivity index (χ1n) is 6.86. The molecule has 2 heterocycles. The highest BCUT2D eigenvalue weighted by Gasteiger charge is 2.12. The molecule has 112 valence electrons. The number of hydrogen-bond donors (Lipinski definition) is 0. The van der Waals surface area contributed by atoms with Gasteiger partial charge in [0.05, 0.1) is 5.69 Å². The van der Waals surface area contributed by atoms with Crippen molar-refractivity contribution < 1.29 is 4.79 Å². The average molecular weight is 332 g/mol. The highest BCUT2D eigenvalue weighted by molar-refractivity contribution is 7.15. The van der Waals surface area contributed by atoms with Gasteiger partial charge in [-0.2, -0.15) is 0 Å². The molecule has 0 bridgehead atoms. The molecule has 0 N–H and O–H groups in total. The second kappa shape index (κ2) is 6.34. The zero-order chi connectivity index (χ0) is 15.5. The van der Waals surface area contributed by atoms with Gasteiger partial charge in [0.1, 0.15) is 0 Å². The first-order chi connectivity index (χ1) is 10.7. The van der Waals surface area contributed by atoms with Crippen molar-refractivity contribution in [3.8, 4) is 0 Å². The van der Waals surface area contributed by atoms with Gasteiger partial charge in [0, 0.05) is 29.9 Å². The molecule has 0 spiro atoms. The van der Waals surface area contributed by atoms with E-state index in [1.54, 1.807) is 11.0 Å². The molecule has 1 amide bonds. The number of anilines is 1.